The molecule has 0 spiro atoms. The van der Waals surface area contributed by atoms with Crippen LogP contribution in [-0.2, 0) is 9.84 Å². The minimum Gasteiger partial charge on any atom is -0.359 e. The average molecular weight is 363 g/mol. The molecule has 0 aliphatic carbocycles. The largest absolute Gasteiger partial charge is 0.359 e. The summed E-state index contributed by atoms with van der Waals surface area (Å²) in [5.41, 5.74) is 2.07. The van der Waals surface area contributed by atoms with E-state index in [9.17, 15) is 8.42 Å². The van der Waals surface area contributed by atoms with Crippen LogP contribution in [-0.4, -0.2) is 19.7 Å². The van der Waals surface area contributed by atoms with Crippen LogP contribution in [0.2, 0.25) is 0 Å². The van der Waals surface area contributed by atoms with Gasteiger partial charge in [0, 0.05) is 6.26 Å². The van der Waals surface area contributed by atoms with Crippen LogP contribution in [0.3, 0.4) is 0 Å². The Morgan fingerprint density at radius 3 is 2.35 bits per heavy atom. The first-order valence-corrected chi connectivity index (χ1v) is 9.85. The van der Waals surface area contributed by atoms with E-state index in [-0.39, 0.29) is 10.9 Å². The molecule has 0 saturated carbocycles. The predicted octanol–water partition coefficient (Wildman–Crippen LogP) is 3.56. The summed E-state index contributed by atoms with van der Waals surface area (Å²) in [6.07, 6.45) is 1.19. The molecule has 130 valence electrons. The highest BCUT2D eigenvalue weighted by Crippen LogP contribution is 2.27. The van der Waals surface area contributed by atoms with Gasteiger partial charge in [-0.1, -0.05) is 48.5 Å². The van der Waals surface area contributed by atoms with E-state index in [0.29, 0.717) is 11.5 Å². The Kier molecular flexibility index (Phi) is 5.01. The first-order chi connectivity index (χ1) is 12.5. The zero-order valence-electron chi connectivity index (χ0n) is 14.1. The van der Waals surface area contributed by atoms with Gasteiger partial charge >= 0.3 is 0 Å². The summed E-state index contributed by atoms with van der Waals surface area (Å²) in [7, 11) is -3.31. The van der Waals surface area contributed by atoms with Gasteiger partial charge in [-0.15, -0.1) is 0 Å². The van der Waals surface area contributed by atoms with Gasteiger partial charge in [-0.2, -0.15) is 5.26 Å². The number of hydrogen-bond acceptors (Lipinski definition) is 5. The average Bonchev–Trinajstić information content (AvgIpc) is 2.66. The van der Waals surface area contributed by atoms with E-state index in [1.807, 2.05) is 42.5 Å². The van der Waals surface area contributed by atoms with Gasteiger partial charge in [0.2, 0.25) is 0 Å². The predicted molar refractivity (Wildman–Crippen MR) is 100 cm³/mol. The Hall–Kier alpha value is -3.17. The maximum absolute atomic E-state index is 11.9. The molecule has 0 amide bonds. The Morgan fingerprint density at radius 1 is 0.962 bits per heavy atom. The number of pyridine rings is 1. The third-order valence-electron chi connectivity index (χ3n) is 3.91. The Morgan fingerprint density at radius 2 is 1.65 bits per heavy atom. The fraction of sp³-hybridized carbons (Fsp3) is 0.100. The smallest absolute Gasteiger partial charge is 0.175 e. The summed E-state index contributed by atoms with van der Waals surface area (Å²) in [4.78, 5) is 4.52. The third-order valence-corrected chi connectivity index (χ3v) is 5.02. The highest BCUT2D eigenvalue weighted by Gasteiger charge is 2.17. The molecular formula is C20H17N3O2S. The van der Waals surface area contributed by atoms with Crippen LogP contribution in [0.15, 0.2) is 77.7 Å². The van der Waals surface area contributed by atoms with Crippen LogP contribution in [0, 0.1) is 11.3 Å². The molecule has 1 N–H and O–H groups in total. The second kappa shape index (κ2) is 7.38. The number of nitrogens with one attached hydrogen (secondary N) is 1. The minimum absolute atomic E-state index is 0.261. The van der Waals surface area contributed by atoms with Gasteiger partial charge in [0.1, 0.15) is 17.6 Å². The van der Waals surface area contributed by atoms with E-state index in [2.05, 4.69) is 10.3 Å². The topological polar surface area (TPSA) is 82.9 Å². The standard InChI is InChI=1S/C20H17N3O2S/c1-26(24,25)18-11-5-9-16(13-18)20(15-7-3-2-4-8-15)23-19-12-6-10-17(14-21)22-19/h2-13,20H,1H3,(H,22,23). The van der Waals surface area contributed by atoms with Crippen LogP contribution in [0.25, 0.3) is 0 Å². The van der Waals surface area contributed by atoms with Gasteiger partial charge in [-0.3, -0.25) is 0 Å². The summed E-state index contributed by atoms with van der Waals surface area (Å²) in [5, 5.41) is 12.4. The summed E-state index contributed by atoms with van der Waals surface area (Å²) >= 11 is 0. The van der Waals surface area contributed by atoms with Crippen LogP contribution < -0.4 is 5.32 Å². The van der Waals surface area contributed by atoms with Crippen molar-refractivity contribution in [1.29, 1.82) is 5.26 Å². The van der Waals surface area contributed by atoms with Crippen molar-refractivity contribution in [2.24, 2.45) is 0 Å². The third kappa shape index (κ3) is 4.08. The first-order valence-electron chi connectivity index (χ1n) is 7.96. The molecule has 0 radical (unpaired) electrons. The van der Waals surface area contributed by atoms with Crippen molar-refractivity contribution in [3.05, 3.63) is 89.6 Å². The lowest BCUT2D eigenvalue weighted by Crippen LogP contribution is -2.14. The van der Waals surface area contributed by atoms with Crippen molar-refractivity contribution < 1.29 is 8.42 Å². The van der Waals surface area contributed by atoms with Crippen molar-refractivity contribution in [2.45, 2.75) is 10.9 Å². The molecule has 3 rings (SSSR count). The molecule has 2 aromatic carbocycles. The lowest BCUT2D eigenvalue weighted by atomic mass is 9.98. The molecule has 1 atom stereocenters. The van der Waals surface area contributed by atoms with Gasteiger partial charge in [0.15, 0.2) is 9.84 Å². The fourth-order valence-electron chi connectivity index (χ4n) is 2.65. The van der Waals surface area contributed by atoms with Crippen molar-refractivity contribution in [3.8, 4) is 6.07 Å². The number of hydrogen-bond donors (Lipinski definition) is 1. The maximum atomic E-state index is 11.9. The van der Waals surface area contributed by atoms with Crippen LogP contribution in [0.1, 0.15) is 22.9 Å². The number of aromatic nitrogens is 1. The van der Waals surface area contributed by atoms with Crippen LogP contribution in [0.4, 0.5) is 5.82 Å². The molecule has 0 bridgehead atoms. The molecule has 0 saturated heterocycles. The number of rotatable bonds is 5. The summed E-state index contributed by atoms with van der Waals surface area (Å²) < 4.78 is 23.8. The van der Waals surface area contributed by atoms with E-state index < -0.39 is 9.84 Å². The number of benzene rings is 2. The molecule has 1 aromatic heterocycles. The first kappa shape index (κ1) is 17.6. The van der Waals surface area contributed by atoms with E-state index in [1.165, 1.54) is 6.26 Å². The van der Waals surface area contributed by atoms with Crippen molar-refractivity contribution in [3.63, 3.8) is 0 Å². The highest BCUT2D eigenvalue weighted by molar-refractivity contribution is 7.90. The summed E-state index contributed by atoms with van der Waals surface area (Å²) in [5.74, 6) is 0.544. The second-order valence-electron chi connectivity index (χ2n) is 5.85. The summed E-state index contributed by atoms with van der Waals surface area (Å²) in [6, 6.07) is 23.4. The van der Waals surface area contributed by atoms with Crippen LogP contribution >= 0.6 is 0 Å². The molecule has 0 aliphatic heterocycles. The normalized spacial score (nSPS) is 12.2. The van der Waals surface area contributed by atoms with Crippen molar-refractivity contribution >= 4 is 15.7 Å². The zero-order valence-corrected chi connectivity index (χ0v) is 14.9. The molecule has 6 heteroatoms. The number of anilines is 1. The molecule has 1 heterocycles. The summed E-state index contributed by atoms with van der Waals surface area (Å²) in [6.45, 7) is 0. The molecule has 3 aromatic rings. The van der Waals surface area contributed by atoms with Crippen LogP contribution in [0.5, 0.6) is 0 Å². The molecule has 0 fully saturated rings. The fourth-order valence-corrected chi connectivity index (χ4v) is 3.33. The van der Waals surface area contributed by atoms with E-state index in [0.717, 1.165) is 11.1 Å². The molecular weight excluding hydrogens is 346 g/mol. The van der Waals surface area contributed by atoms with Crippen molar-refractivity contribution in [1.82, 2.24) is 4.98 Å². The molecule has 26 heavy (non-hydrogen) atoms. The number of sulfone groups is 1. The molecule has 0 aliphatic rings. The van der Waals surface area contributed by atoms with Crippen molar-refractivity contribution in [2.75, 3.05) is 11.6 Å². The molecule has 5 nitrogen and oxygen atoms in total. The SMILES string of the molecule is CS(=O)(=O)c1cccc(C(Nc2cccc(C#N)n2)c2ccccc2)c1. The number of nitriles is 1. The minimum atomic E-state index is -3.31. The Bertz CT molecular complexity index is 1060. The van der Waals surface area contributed by atoms with Gasteiger partial charge in [0.05, 0.1) is 10.9 Å². The maximum Gasteiger partial charge on any atom is 0.175 e. The highest BCUT2D eigenvalue weighted by atomic mass is 32.2. The van der Waals surface area contributed by atoms with E-state index >= 15 is 0 Å². The zero-order chi connectivity index (χ0) is 18.6. The second-order valence-corrected chi connectivity index (χ2v) is 7.87. The molecule has 1 unspecified atom stereocenters. The van der Waals surface area contributed by atoms with Gasteiger partial charge in [-0.05, 0) is 35.4 Å². The number of nitrogens with zero attached hydrogens (tertiary/aromatic N) is 2. The Labute approximate surface area is 152 Å². The lowest BCUT2D eigenvalue weighted by molar-refractivity contribution is 0.601. The lowest BCUT2D eigenvalue weighted by Gasteiger charge is -2.21. The Balaban J connectivity index is 2.06. The van der Waals surface area contributed by atoms with Gasteiger partial charge in [-0.25, -0.2) is 13.4 Å². The van der Waals surface area contributed by atoms with E-state index in [1.54, 1.807) is 36.4 Å². The monoisotopic (exact) mass is 363 g/mol. The van der Waals surface area contributed by atoms with Gasteiger partial charge < -0.3 is 5.32 Å². The van der Waals surface area contributed by atoms with E-state index in [4.69, 9.17) is 5.26 Å². The quantitative estimate of drug-likeness (QED) is 0.749. The van der Waals surface area contributed by atoms with Gasteiger partial charge in [0.25, 0.3) is 0 Å².